The molecule has 1 spiro atoms. The second-order valence-electron chi connectivity index (χ2n) is 7.05. The second-order valence-corrected chi connectivity index (χ2v) is 7.05. The fourth-order valence-corrected chi connectivity index (χ4v) is 4.00. The molecule has 0 N–H and O–H groups in total. The predicted octanol–water partition coefficient (Wildman–Crippen LogP) is 2.71. The molecule has 4 heterocycles. The van der Waals surface area contributed by atoms with E-state index in [4.69, 9.17) is 9.47 Å². The molecule has 0 amide bonds. The first-order valence-corrected chi connectivity index (χ1v) is 9.09. The number of hydrogen-bond donors (Lipinski definition) is 0. The van der Waals surface area contributed by atoms with E-state index in [0.29, 0.717) is 24.4 Å². The third-order valence-corrected chi connectivity index (χ3v) is 5.65. The van der Waals surface area contributed by atoms with Crippen LogP contribution in [0.5, 0.6) is 5.88 Å². The molecular weight excluding hydrogens is 335 g/mol. The smallest absolute Gasteiger partial charge is 0.225 e. The molecule has 0 aromatic carbocycles. The zero-order valence-electron chi connectivity index (χ0n) is 14.7. The quantitative estimate of drug-likeness (QED) is 0.838. The van der Waals surface area contributed by atoms with E-state index >= 15 is 0 Å². The topological polar surface area (TPSA) is 60.4 Å². The minimum absolute atomic E-state index is 0.212. The minimum atomic E-state index is -0.404. The molecule has 0 aliphatic carbocycles. The van der Waals surface area contributed by atoms with Gasteiger partial charge >= 0.3 is 0 Å². The first kappa shape index (κ1) is 17.1. The molecule has 2 aromatic heterocycles. The number of piperidine rings is 1. The average Bonchev–Trinajstić information content (AvgIpc) is 2.70. The van der Waals surface area contributed by atoms with Crippen LogP contribution >= 0.6 is 0 Å². The lowest BCUT2D eigenvalue weighted by Gasteiger charge is -2.48. The Bertz CT molecular complexity index is 705. The number of pyridine rings is 1. The van der Waals surface area contributed by atoms with Gasteiger partial charge in [-0.05, 0) is 30.7 Å². The van der Waals surface area contributed by atoms with Crippen LogP contribution < -0.4 is 9.64 Å². The first-order valence-electron chi connectivity index (χ1n) is 9.09. The summed E-state index contributed by atoms with van der Waals surface area (Å²) in [7, 11) is 0. The van der Waals surface area contributed by atoms with Crippen LogP contribution in [0.2, 0.25) is 0 Å². The SMILES string of the molecule is Fc1cnc(N2CCC3(CCOC[C@H]3COc3ccccn3)CC2)nc1. The second kappa shape index (κ2) is 7.53. The van der Waals surface area contributed by atoms with Crippen molar-refractivity contribution in [2.24, 2.45) is 11.3 Å². The summed E-state index contributed by atoms with van der Waals surface area (Å²) in [5.41, 5.74) is 0.212. The van der Waals surface area contributed by atoms with Crippen molar-refractivity contribution < 1.29 is 13.9 Å². The van der Waals surface area contributed by atoms with Crippen LogP contribution in [0.4, 0.5) is 10.3 Å². The van der Waals surface area contributed by atoms with E-state index in [9.17, 15) is 4.39 Å². The van der Waals surface area contributed by atoms with Gasteiger partial charge in [0, 0.05) is 37.9 Å². The van der Waals surface area contributed by atoms with Crippen molar-refractivity contribution >= 4 is 5.95 Å². The Hall–Kier alpha value is -2.28. The summed E-state index contributed by atoms with van der Waals surface area (Å²) >= 11 is 0. The summed E-state index contributed by atoms with van der Waals surface area (Å²) in [4.78, 5) is 14.6. The standard InChI is InChI=1S/C19H23FN4O2/c20-16-11-22-18(23-12-16)24-8-4-19(5-9-24)6-10-25-13-15(19)14-26-17-3-1-2-7-21-17/h1-3,7,11-12,15H,4-6,8-10,13-14H2/t15-/m0/s1. The molecule has 0 saturated carbocycles. The van der Waals surface area contributed by atoms with Gasteiger partial charge in [-0.15, -0.1) is 0 Å². The lowest BCUT2D eigenvalue weighted by Crippen LogP contribution is -2.50. The van der Waals surface area contributed by atoms with E-state index in [2.05, 4.69) is 19.9 Å². The molecule has 6 nitrogen and oxygen atoms in total. The summed E-state index contributed by atoms with van der Waals surface area (Å²) in [5.74, 6) is 1.20. The summed E-state index contributed by atoms with van der Waals surface area (Å²) in [6.45, 7) is 3.87. The molecule has 7 heteroatoms. The zero-order chi connectivity index (χ0) is 17.8. The molecule has 4 rings (SSSR count). The number of aromatic nitrogens is 3. The Balaban J connectivity index is 1.40. The molecule has 26 heavy (non-hydrogen) atoms. The third kappa shape index (κ3) is 3.62. The number of halogens is 1. The molecule has 2 aliphatic rings. The number of rotatable bonds is 4. The van der Waals surface area contributed by atoms with Gasteiger partial charge in [0.1, 0.15) is 0 Å². The van der Waals surface area contributed by atoms with Gasteiger partial charge in [0.05, 0.1) is 25.6 Å². The highest BCUT2D eigenvalue weighted by atomic mass is 19.1. The minimum Gasteiger partial charge on any atom is -0.477 e. The van der Waals surface area contributed by atoms with Crippen molar-refractivity contribution in [3.63, 3.8) is 0 Å². The summed E-state index contributed by atoms with van der Waals surface area (Å²) in [5, 5.41) is 0. The lowest BCUT2D eigenvalue weighted by atomic mass is 9.66. The van der Waals surface area contributed by atoms with Gasteiger partial charge in [0.15, 0.2) is 5.82 Å². The van der Waals surface area contributed by atoms with Gasteiger partial charge in [-0.25, -0.2) is 19.3 Å². The Kier molecular flexibility index (Phi) is 4.97. The van der Waals surface area contributed by atoms with Crippen LogP contribution in [0.15, 0.2) is 36.8 Å². The number of ether oxygens (including phenoxy) is 2. The molecule has 0 bridgehead atoms. The summed E-state index contributed by atoms with van der Waals surface area (Å²) < 4.78 is 24.7. The van der Waals surface area contributed by atoms with Crippen molar-refractivity contribution in [2.75, 3.05) is 37.8 Å². The maximum absolute atomic E-state index is 13.0. The van der Waals surface area contributed by atoms with Crippen molar-refractivity contribution in [3.05, 3.63) is 42.6 Å². The van der Waals surface area contributed by atoms with E-state index in [1.54, 1.807) is 6.20 Å². The number of hydrogen-bond acceptors (Lipinski definition) is 6. The molecule has 0 unspecified atom stereocenters. The van der Waals surface area contributed by atoms with Crippen molar-refractivity contribution in [3.8, 4) is 5.88 Å². The Labute approximate surface area is 152 Å². The highest BCUT2D eigenvalue weighted by Gasteiger charge is 2.44. The van der Waals surface area contributed by atoms with Crippen LogP contribution in [-0.2, 0) is 4.74 Å². The van der Waals surface area contributed by atoms with Gasteiger partial charge in [-0.2, -0.15) is 0 Å². The van der Waals surface area contributed by atoms with E-state index in [1.807, 2.05) is 18.2 Å². The Morgan fingerprint density at radius 3 is 2.69 bits per heavy atom. The fourth-order valence-electron chi connectivity index (χ4n) is 4.00. The first-order chi connectivity index (χ1) is 12.8. The van der Waals surface area contributed by atoms with Gasteiger partial charge in [0.25, 0.3) is 0 Å². The lowest BCUT2D eigenvalue weighted by molar-refractivity contribution is -0.0701. The number of nitrogens with zero attached hydrogens (tertiary/aromatic N) is 4. The maximum Gasteiger partial charge on any atom is 0.225 e. The third-order valence-electron chi connectivity index (χ3n) is 5.65. The Morgan fingerprint density at radius 1 is 1.15 bits per heavy atom. The van der Waals surface area contributed by atoms with Crippen LogP contribution in [0.25, 0.3) is 0 Å². The fraction of sp³-hybridized carbons (Fsp3) is 0.526. The van der Waals surface area contributed by atoms with Gasteiger partial charge in [0.2, 0.25) is 11.8 Å². The average molecular weight is 358 g/mol. The highest BCUT2D eigenvalue weighted by Crippen LogP contribution is 2.45. The maximum atomic E-state index is 13.0. The van der Waals surface area contributed by atoms with E-state index in [1.165, 1.54) is 12.4 Å². The molecule has 2 aliphatic heterocycles. The van der Waals surface area contributed by atoms with Crippen LogP contribution in [0.1, 0.15) is 19.3 Å². The zero-order valence-corrected chi connectivity index (χ0v) is 14.7. The van der Waals surface area contributed by atoms with Crippen molar-refractivity contribution in [1.82, 2.24) is 15.0 Å². The van der Waals surface area contributed by atoms with Crippen LogP contribution in [0.3, 0.4) is 0 Å². The molecule has 2 fully saturated rings. The van der Waals surface area contributed by atoms with Crippen molar-refractivity contribution in [1.29, 1.82) is 0 Å². The molecule has 2 saturated heterocycles. The van der Waals surface area contributed by atoms with E-state index in [0.717, 1.165) is 45.6 Å². The normalized spacial score (nSPS) is 22.3. The monoisotopic (exact) mass is 358 g/mol. The molecule has 2 aromatic rings. The predicted molar refractivity (Wildman–Crippen MR) is 94.5 cm³/mol. The van der Waals surface area contributed by atoms with E-state index in [-0.39, 0.29) is 5.41 Å². The molecule has 1 atom stereocenters. The summed E-state index contributed by atoms with van der Waals surface area (Å²) in [6.07, 6.45) is 7.31. The van der Waals surface area contributed by atoms with Gasteiger partial charge in [-0.3, -0.25) is 0 Å². The van der Waals surface area contributed by atoms with E-state index < -0.39 is 5.82 Å². The molecule has 0 radical (unpaired) electrons. The summed E-state index contributed by atoms with van der Waals surface area (Å²) in [6, 6.07) is 5.69. The van der Waals surface area contributed by atoms with Gasteiger partial charge < -0.3 is 14.4 Å². The van der Waals surface area contributed by atoms with Gasteiger partial charge in [-0.1, -0.05) is 6.07 Å². The van der Waals surface area contributed by atoms with Crippen LogP contribution in [-0.4, -0.2) is 47.9 Å². The molecular formula is C19H23FN4O2. The number of anilines is 1. The van der Waals surface area contributed by atoms with Crippen molar-refractivity contribution in [2.45, 2.75) is 19.3 Å². The largest absolute Gasteiger partial charge is 0.477 e. The highest BCUT2D eigenvalue weighted by molar-refractivity contribution is 5.29. The van der Waals surface area contributed by atoms with Crippen LogP contribution in [0, 0.1) is 17.2 Å². The molecule has 138 valence electrons. The Morgan fingerprint density at radius 2 is 1.96 bits per heavy atom.